The molecular formula is C24H33N5O2. The van der Waals surface area contributed by atoms with Gasteiger partial charge in [0.25, 0.3) is 0 Å². The van der Waals surface area contributed by atoms with E-state index in [9.17, 15) is 4.79 Å². The number of nitrogens with one attached hydrogen (secondary N) is 2. The highest BCUT2D eigenvalue weighted by atomic mass is 16.5. The van der Waals surface area contributed by atoms with Gasteiger partial charge in [-0.05, 0) is 75.5 Å². The van der Waals surface area contributed by atoms with Crippen molar-refractivity contribution in [3.8, 4) is 0 Å². The highest BCUT2D eigenvalue weighted by Gasteiger charge is 2.34. The monoisotopic (exact) mass is 423 g/mol. The predicted molar refractivity (Wildman–Crippen MR) is 121 cm³/mol. The maximum absolute atomic E-state index is 11.8. The summed E-state index contributed by atoms with van der Waals surface area (Å²) in [6.07, 6.45) is 12.0. The van der Waals surface area contributed by atoms with Crippen molar-refractivity contribution in [1.29, 1.82) is 0 Å². The van der Waals surface area contributed by atoms with Gasteiger partial charge in [0.05, 0.1) is 23.2 Å². The highest BCUT2D eigenvalue weighted by Crippen LogP contribution is 2.34. The molecule has 5 rings (SSSR count). The minimum atomic E-state index is -0.0422. The minimum absolute atomic E-state index is 0.0422. The average molecular weight is 424 g/mol. The maximum atomic E-state index is 11.8. The van der Waals surface area contributed by atoms with Crippen molar-refractivity contribution in [3.63, 3.8) is 0 Å². The number of anilines is 1. The van der Waals surface area contributed by atoms with E-state index >= 15 is 0 Å². The number of amides is 2. The van der Waals surface area contributed by atoms with E-state index in [0.717, 1.165) is 56.2 Å². The van der Waals surface area contributed by atoms with Gasteiger partial charge in [-0.1, -0.05) is 0 Å². The third kappa shape index (κ3) is 4.61. The molecule has 3 heterocycles. The molecule has 1 saturated carbocycles. The Morgan fingerprint density at radius 3 is 2.55 bits per heavy atom. The molecule has 1 aromatic heterocycles. The van der Waals surface area contributed by atoms with Crippen molar-refractivity contribution in [2.75, 3.05) is 24.5 Å². The number of morpholine rings is 1. The van der Waals surface area contributed by atoms with E-state index in [1.54, 1.807) is 12.4 Å². The zero-order chi connectivity index (χ0) is 21.2. The number of nitrogens with zero attached hydrogens (tertiary/aromatic N) is 3. The molecule has 0 radical (unpaired) electrons. The lowest BCUT2D eigenvalue weighted by Crippen LogP contribution is -2.43. The molecule has 2 aliphatic heterocycles. The van der Waals surface area contributed by atoms with E-state index in [1.165, 1.54) is 24.1 Å². The zero-order valence-corrected chi connectivity index (χ0v) is 18.3. The molecule has 31 heavy (non-hydrogen) atoms. The van der Waals surface area contributed by atoms with Crippen molar-refractivity contribution < 1.29 is 9.53 Å². The largest absolute Gasteiger partial charge is 0.371 e. The van der Waals surface area contributed by atoms with Gasteiger partial charge in [0, 0.05) is 43.8 Å². The molecule has 0 spiro atoms. The summed E-state index contributed by atoms with van der Waals surface area (Å²) in [6, 6.07) is 4.79. The van der Waals surface area contributed by atoms with Crippen LogP contribution in [0.15, 0.2) is 24.5 Å². The second-order valence-corrected chi connectivity index (χ2v) is 9.32. The number of carbonyl (C=O) groups is 1. The maximum Gasteiger partial charge on any atom is 0.314 e. The highest BCUT2D eigenvalue weighted by molar-refractivity contribution is 5.82. The molecule has 166 valence electrons. The minimum Gasteiger partial charge on any atom is -0.371 e. The average Bonchev–Trinajstić information content (AvgIpc) is 3.12. The van der Waals surface area contributed by atoms with Gasteiger partial charge in [0.1, 0.15) is 0 Å². The number of aromatic nitrogens is 2. The first-order valence-electron chi connectivity index (χ1n) is 11.9. The Morgan fingerprint density at radius 1 is 1.06 bits per heavy atom. The van der Waals surface area contributed by atoms with E-state index in [2.05, 4.69) is 37.6 Å². The third-order valence-corrected chi connectivity index (χ3v) is 7.07. The second kappa shape index (κ2) is 8.99. The van der Waals surface area contributed by atoms with Crippen LogP contribution in [-0.4, -0.2) is 53.9 Å². The van der Waals surface area contributed by atoms with Crippen molar-refractivity contribution in [2.45, 2.75) is 70.1 Å². The molecule has 2 amide bonds. The number of benzene rings is 1. The summed E-state index contributed by atoms with van der Waals surface area (Å²) < 4.78 is 6.04. The molecule has 2 bridgehead atoms. The van der Waals surface area contributed by atoms with E-state index in [4.69, 9.17) is 4.74 Å². The van der Waals surface area contributed by atoms with Crippen molar-refractivity contribution >= 4 is 22.8 Å². The molecule has 2 saturated heterocycles. The van der Waals surface area contributed by atoms with Gasteiger partial charge in [-0.15, -0.1) is 0 Å². The molecule has 2 N–H and O–H groups in total. The number of ether oxygens (including phenoxy) is 1. The van der Waals surface area contributed by atoms with Crippen LogP contribution >= 0.6 is 0 Å². The van der Waals surface area contributed by atoms with Crippen LogP contribution in [0.1, 0.15) is 51.0 Å². The summed E-state index contributed by atoms with van der Waals surface area (Å²) in [7, 11) is 0. The van der Waals surface area contributed by atoms with Crippen LogP contribution in [-0.2, 0) is 11.2 Å². The summed E-state index contributed by atoms with van der Waals surface area (Å²) in [6.45, 7) is 4.55. The molecular weight excluding hydrogens is 390 g/mol. The lowest BCUT2D eigenvalue weighted by atomic mass is 9.82. The van der Waals surface area contributed by atoms with Crippen molar-refractivity contribution in [2.24, 2.45) is 5.92 Å². The van der Waals surface area contributed by atoms with Crippen LogP contribution in [0.3, 0.4) is 0 Å². The molecule has 3 aliphatic rings. The number of hydrogen-bond donors (Lipinski definition) is 2. The number of fused-ring (bicyclic) bond motifs is 3. The van der Waals surface area contributed by atoms with Crippen molar-refractivity contribution in [3.05, 3.63) is 30.1 Å². The number of hydrogen-bond acceptors (Lipinski definition) is 5. The topological polar surface area (TPSA) is 79.4 Å². The number of rotatable bonds is 5. The van der Waals surface area contributed by atoms with E-state index < -0.39 is 0 Å². The Balaban J connectivity index is 1.30. The Labute approximate surface area is 184 Å². The van der Waals surface area contributed by atoms with Crippen LogP contribution in [0.5, 0.6) is 0 Å². The molecule has 1 aromatic carbocycles. The molecule has 3 fully saturated rings. The predicted octanol–water partition coefficient (Wildman–Crippen LogP) is 3.42. The third-order valence-electron chi connectivity index (χ3n) is 7.07. The summed E-state index contributed by atoms with van der Waals surface area (Å²) in [4.78, 5) is 23.6. The first-order chi connectivity index (χ1) is 15.2. The Hall–Kier alpha value is -2.41. The lowest BCUT2D eigenvalue weighted by Gasteiger charge is -2.34. The first-order valence-corrected chi connectivity index (χ1v) is 11.9. The van der Waals surface area contributed by atoms with Crippen LogP contribution in [0.25, 0.3) is 11.0 Å². The van der Waals surface area contributed by atoms with Gasteiger partial charge in [-0.2, -0.15) is 0 Å². The fourth-order valence-electron chi connectivity index (χ4n) is 5.51. The normalized spacial score (nSPS) is 28.0. The van der Waals surface area contributed by atoms with Gasteiger partial charge in [-0.25, -0.2) is 4.79 Å². The Morgan fingerprint density at radius 2 is 1.81 bits per heavy atom. The summed E-state index contributed by atoms with van der Waals surface area (Å²) in [5.74, 6) is 0.619. The SMILES string of the molecule is CCNC(=O)NC1CCC(Cc2cc(N3C[C@H]4CC[C@@H](C3)O4)cc3nccnc23)CC1. The van der Waals surface area contributed by atoms with Crippen LogP contribution < -0.4 is 15.5 Å². The van der Waals surface area contributed by atoms with Gasteiger partial charge in [0.15, 0.2) is 0 Å². The summed E-state index contributed by atoms with van der Waals surface area (Å²) in [5.41, 5.74) is 4.58. The molecule has 0 unspecified atom stereocenters. The van der Waals surface area contributed by atoms with E-state index in [-0.39, 0.29) is 12.1 Å². The summed E-state index contributed by atoms with van der Waals surface area (Å²) in [5, 5.41) is 5.94. The smallest absolute Gasteiger partial charge is 0.314 e. The zero-order valence-electron chi connectivity index (χ0n) is 18.3. The fraction of sp³-hybridized carbons (Fsp3) is 0.625. The number of urea groups is 1. The molecule has 2 aromatic rings. The van der Waals surface area contributed by atoms with Crippen LogP contribution in [0, 0.1) is 5.92 Å². The van der Waals surface area contributed by atoms with Crippen LogP contribution in [0.2, 0.25) is 0 Å². The fourth-order valence-corrected chi connectivity index (χ4v) is 5.51. The van der Waals surface area contributed by atoms with Crippen LogP contribution in [0.4, 0.5) is 10.5 Å². The molecule has 7 heteroatoms. The molecule has 1 aliphatic carbocycles. The van der Waals surface area contributed by atoms with E-state index in [0.29, 0.717) is 24.7 Å². The quantitative estimate of drug-likeness (QED) is 0.770. The van der Waals surface area contributed by atoms with E-state index in [1.807, 2.05) is 6.92 Å². The number of carbonyl (C=O) groups excluding carboxylic acids is 1. The molecule has 7 nitrogen and oxygen atoms in total. The molecule has 2 atom stereocenters. The first kappa shape index (κ1) is 20.5. The Kier molecular flexibility index (Phi) is 5.94. The lowest BCUT2D eigenvalue weighted by molar-refractivity contribution is 0.0305. The summed E-state index contributed by atoms with van der Waals surface area (Å²) >= 11 is 0. The second-order valence-electron chi connectivity index (χ2n) is 9.32. The van der Waals surface area contributed by atoms with Gasteiger partial charge in [0.2, 0.25) is 0 Å². The van der Waals surface area contributed by atoms with Gasteiger partial charge in [-0.3, -0.25) is 9.97 Å². The Bertz CT molecular complexity index is 915. The van der Waals surface area contributed by atoms with Gasteiger partial charge < -0.3 is 20.3 Å². The van der Waals surface area contributed by atoms with Crippen molar-refractivity contribution in [1.82, 2.24) is 20.6 Å². The standard InChI is InChI=1S/C24H33N5O2/c1-2-25-24(30)28-18-5-3-16(4-6-18)11-17-12-19(13-22-23(17)27-10-9-26-22)29-14-20-7-8-21(15-29)31-20/h9-10,12-13,16,18,20-21H,2-8,11,14-15H2,1H3,(H2,25,28,30)/t16?,18?,20-,21+. The van der Waals surface area contributed by atoms with Gasteiger partial charge >= 0.3 is 6.03 Å².